The molecule has 0 saturated carbocycles. The van der Waals surface area contributed by atoms with E-state index >= 15 is 0 Å². The number of H-pyrrole nitrogens is 1. The first-order valence-electron chi connectivity index (χ1n) is 4.93. The van der Waals surface area contributed by atoms with Crippen molar-refractivity contribution in [3.05, 3.63) is 30.3 Å². The summed E-state index contributed by atoms with van der Waals surface area (Å²) in [5.74, 6) is 0.269. The first-order valence-corrected chi connectivity index (χ1v) is 6.06. The molecule has 0 aliphatic rings. The molecular weight excluding hydrogens is 300 g/mol. The molecule has 1 aromatic carbocycles. The van der Waals surface area contributed by atoms with Gasteiger partial charge < -0.3 is 14.5 Å². The maximum Gasteiger partial charge on any atom is 0.515 e. The molecule has 0 fully saturated rings. The summed E-state index contributed by atoms with van der Waals surface area (Å²) in [6, 6.07) is 9.15. The standard InChI is InChI=1S/C11H8Cl3NO3/c12-11(13,14)6-17-10(16)18-9-5-7-3-1-2-4-8(7)15-9/h1-5,15H,6H2. The van der Waals surface area contributed by atoms with Crippen LogP contribution in [0.25, 0.3) is 10.9 Å². The van der Waals surface area contributed by atoms with Crippen molar-refractivity contribution in [3.8, 4) is 5.88 Å². The topological polar surface area (TPSA) is 51.3 Å². The minimum Gasteiger partial charge on any atom is -0.429 e. The third-order valence-corrected chi connectivity index (χ3v) is 2.38. The van der Waals surface area contributed by atoms with Crippen molar-refractivity contribution in [2.75, 3.05) is 6.61 Å². The molecule has 7 heteroatoms. The molecule has 18 heavy (non-hydrogen) atoms. The Hall–Kier alpha value is -1.10. The monoisotopic (exact) mass is 307 g/mol. The van der Waals surface area contributed by atoms with Crippen LogP contribution < -0.4 is 4.74 Å². The first-order chi connectivity index (χ1) is 8.44. The number of aromatic nitrogens is 1. The minimum atomic E-state index is -1.65. The number of hydrogen-bond acceptors (Lipinski definition) is 3. The fourth-order valence-electron chi connectivity index (χ4n) is 1.36. The molecule has 0 saturated heterocycles. The number of nitrogens with one attached hydrogen (secondary N) is 1. The lowest BCUT2D eigenvalue weighted by Gasteiger charge is -2.10. The molecule has 1 heterocycles. The zero-order valence-corrected chi connectivity index (χ0v) is 11.2. The van der Waals surface area contributed by atoms with Crippen molar-refractivity contribution in [1.29, 1.82) is 0 Å². The van der Waals surface area contributed by atoms with Gasteiger partial charge in [0.15, 0.2) is 0 Å². The van der Waals surface area contributed by atoms with Crippen LogP contribution in [0, 0.1) is 0 Å². The molecule has 0 unspecified atom stereocenters. The van der Waals surface area contributed by atoms with Crippen LogP contribution in [0.2, 0.25) is 0 Å². The van der Waals surface area contributed by atoms with Crippen molar-refractivity contribution >= 4 is 51.9 Å². The lowest BCUT2D eigenvalue weighted by molar-refractivity contribution is 0.0995. The van der Waals surface area contributed by atoms with Crippen LogP contribution in [-0.4, -0.2) is 21.5 Å². The van der Waals surface area contributed by atoms with E-state index in [2.05, 4.69) is 9.72 Å². The predicted molar refractivity (Wildman–Crippen MR) is 70.6 cm³/mol. The maximum atomic E-state index is 11.3. The zero-order chi connectivity index (χ0) is 13.2. The van der Waals surface area contributed by atoms with Crippen LogP contribution in [-0.2, 0) is 4.74 Å². The van der Waals surface area contributed by atoms with E-state index < -0.39 is 9.95 Å². The van der Waals surface area contributed by atoms with E-state index in [1.807, 2.05) is 24.3 Å². The molecule has 0 spiro atoms. The Morgan fingerprint density at radius 3 is 2.67 bits per heavy atom. The molecular formula is C11H8Cl3NO3. The Bertz CT molecular complexity index is 529. The molecule has 1 aromatic heterocycles. The van der Waals surface area contributed by atoms with Gasteiger partial charge in [0.25, 0.3) is 0 Å². The van der Waals surface area contributed by atoms with Crippen LogP contribution in [0.5, 0.6) is 5.88 Å². The van der Waals surface area contributed by atoms with Gasteiger partial charge in [-0.3, -0.25) is 0 Å². The highest BCUT2D eigenvalue weighted by molar-refractivity contribution is 6.67. The van der Waals surface area contributed by atoms with E-state index in [1.165, 1.54) is 0 Å². The second-order valence-corrected chi connectivity index (χ2v) is 5.99. The second kappa shape index (κ2) is 5.26. The Balaban J connectivity index is 1.99. The molecule has 96 valence electrons. The number of fused-ring (bicyclic) bond motifs is 1. The number of ether oxygens (including phenoxy) is 2. The lowest BCUT2D eigenvalue weighted by Crippen LogP contribution is -2.19. The van der Waals surface area contributed by atoms with Gasteiger partial charge >= 0.3 is 6.16 Å². The number of rotatable bonds is 2. The summed E-state index contributed by atoms with van der Waals surface area (Å²) in [7, 11) is 0. The largest absolute Gasteiger partial charge is 0.515 e. The van der Waals surface area contributed by atoms with Crippen LogP contribution in [0.15, 0.2) is 30.3 Å². The summed E-state index contributed by atoms with van der Waals surface area (Å²) >= 11 is 16.3. The SMILES string of the molecule is O=C(OCC(Cl)(Cl)Cl)Oc1cc2ccccc2[nH]1. The van der Waals surface area contributed by atoms with Gasteiger partial charge in [0.1, 0.15) is 6.61 Å². The zero-order valence-electron chi connectivity index (χ0n) is 8.95. The molecule has 0 bridgehead atoms. The Morgan fingerprint density at radius 1 is 1.28 bits per heavy atom. The number of aromatic amines is 1. The first kappa shape index (κ1) is 13.3. The van der Waals surface area contributed by atoms with E-state index in [9.17, 15) is 4.79 Å². The number of para-hydroxylation sites is 1. The number of alkyl halides is 3. The van der Waals surface area contributed by atoms with Crippen LogP contribution in [0.1, 0.15) is 0 Å². The molecule has 0 amide bonds. The summed E-state index contributed by atoms with van der Waals surface area (Å²) in [5.41, 5.74) is 0.849. The number of halogens is 3. The van der Waals surface area contributed by atoms with Gasteiger partial charge in [-0.25, -0.2) is 4.79 Å². The summed E-state index contributed by atoms with van der Waals surface area (Å²) in [6.07, 6.45) is -0.937. The molecule has 0 atom stereocenters. The second-order valence-electron chi connectivity index (χ2n) is 3.48. The molecule has 0 aliphatic heterocycles. The van der Waals surface area contributed by atoms with Crippen LogP contribution in [0.3, 0.4) is 0 Å². The number of hydrogen-bond donors (Lipinski definition) is 1. The van der Waals surface area contributed by atoms with Crippen LogP contribution in [0.4, 0.5) is 4.79 Å². The minimum absolute atomic E-state index is 0.269. The quantitative estimate of drug-likeness (QED) is 0.672. The van der Waals surface area contributed by atoms with Crippen LogP contribution >= 0.6 is 34.8 Å². The molecule has 4 nitrogen and oxygen atoms in total. The van der Waals surface area contributed by atoms with E-state index in [0.29, 0.717) is 0 Å². The van der Waals surface area contributed by atoms with Gasteiger partial charge in [-0.2, -0.15) is 0 Å². The fourth-order valence-corrected chi connectivity index (χ4v) is 1.53. The summed E-state index contributed by atoms with van der Waals surface area (Å²) in [5, 5.41) is 0.918. The van der Waals surface area contributed by atoms with Crippen molar-refractivity contribution in [1.82, 2.24) is 4.98 Å². The van der Waals surface area contributed by atoms with Crippen molar-refractivity contribution in [2.24, 2.45) is 0 Å². The average Bonchev–Trinajstić information content (AvgIpc) is 2.67. The van der Waals surface area contributed by atoms with Gasteiger partial charge in [-0.15, -0.1) is 0 Å². The summed E-state index contributed by atoms with van der Waals surface area (Å²) in [6.45, 7) is -0.378. The average molecular weight is 309 g/mol. The number of carbonyl (C=O) groups is 1. The molecule has 0 radical (unpaired) electrons. The van der Waals surface area contributed by atoms with Gasteiger partial charge in [0.05, 0.1) is 0 Å². The number of benzene rings is 1. The van der Waals surface area contributed by atoms with Gasteiger partial charge in [0.2, 0.25) is 9.67 Å². The van der Waals surface area contributed by atoms with Gasteiger partial charge in [-0.05, 0) is 6.07 Å². The highest BCUT2D eigenvalue weighted by Gasteiger charge is 2.23. The van der Waals surface area contributed by atoms with E-state index in [0.717, 1.165) is 10.9 Å². The number of carbonyl (C=O) groups excluding carboxylic acids is 1. The van der Waals surface area contributed by atoms with Gasteiger partial charge in [0, 0.05) is 17.0 Å². The summed E-state index contributed by atoms with van der Waals surface area (Å²) < 4.78 is 7.88. The fraction of sp³-hybridized carbons (Fsp3) is 0.182. The molecule has 2 aromatic rings. The Morgan fingerprint density at radius 2 is 2.00 bits per heavy atom. The predicted octanol–water partition coefficient (Wildman–Crippen LogP) is 4.05. The van der Waals surface area contributed by atoms with E-state index in [1.54, 1.807) is 6.07 Å². The summed E-state index contributed by atoms with van der Waals surface area (Å²) in [4.78, 5) is 14.2. The third-order valence-electron chi connectivity index (χ3n) is 2.05. The lowest BCUT2D eigenvalue weighted by atomic mass is 10.3. The normalized spacial score (nSPS) is 11.5. The highest BCUT2D eigenvalue weighted by atomic mass is 35.6. The maximum absolute atomic E-state index is 11.3. The molecule has 0 aliphatic carbocycles. The van der Waals surface area contributed by atoms with Crippen molar-refractivity contribution in [2.45, 2.75) is 3.79 Å². The highest BCUT2D eigenvalue weighted by Crippen LogP contribution is 2.26. The smallest absolute Gasteiger partial charge is 0.429 e. The molecule has 2 rings (SSSR count). The van der Waals surface area contributed by atoms with Crippen molar-refractivity contribution in [3.63, 3.8) is 0 Å². The molecule has 1 N–H and O–H groups in total. The van der Waals surface area contributed by atoms with E-state index in [-0.39, 0.29) is 12.5 Å². The van der Waals surface area contributed by atoms with Gasteiger partial charge in [-0.1, -0.05) is 53.0 Å². The Kier molecular flexibility index (Phi) is 3.90. The third kappa shape index (κ3) is 3.70. The Labute approximate surface area is 118 Å². The van der Waals surface area contributed by atoms with Crippen molar-refractivity contribution < 1.29 is 14.3 Å². The van der Waals surface area contributed by atoms with E-state index in [4.69, 9.17) is 39.5 Å².